The van der Waals surface area contributed by atoms with Gasteiger partial charge < -0.3 is 9.26 Å². The van der Waals surface area contributed by atoms with Crippen LogP contribution in [0.4, 0.5) is 13.2 Å². The van der Waals surface area contributed by atoms with E-state index in [2.05, 4.69) is 9.72 Å². The summed E-state index contributed by atoms with van der Waals surface area (Å²) in [6.07, 6.45) is -4.88. The number of ether oxygens (including phenoxy) is 1. The monoisotopic (exact) mass is 476 g/mol. The highest BCUT2D eigenvalue weighted by Crippen LogP contribution is 2.31. The SMILES string of the molecule is CCn1c2c(C(=O)OC)nc(C(F)(F)F)cc2c(=O)n1-c1ccc(-c2c(C)on(C)c2=O)cc1. The summed E-state index contributed by atoms with van der Waals surface area (Å²) in [6.45, 7) is 3.45. The van der Waals surface area contributed by atoms with E-state index in [9.17, 15) is 27.6 Å². The molecular formula is C22H19F3N4O5. The van der Waals surface area contributed by atoms with E-state index in [4.69, 9.17) is 4.52 Å². The summed E-state index contributed by atoms with van der Waals surface area (Å²) in [5.74, 6) is -0.689. The fourth-order valence-corrected chi connectivity index (χ4v) is 3.92. The zero-order valence-electron chi connectivity index (χ0n) is 18.6. The minimum Gasteiger partial charge on any atom is -0.464 e. The average molecular weight is 476 g/mol. The van der Waals surface area contributed by atoms with Crippen molar-refractivity contribution in [3.05, 3.63) is 68.2 Å². The number of esters is 1. The number of nitrogens with zero attached hydrogens (tertiary/aromatic N) is 4. The summed E-state index contributed by atoms with van der Waals surface area (Å²) < 4.78 is 53.8. The number of pyridine rings is 1. The number of alkyl halides is 3. The first-order valence-corrected chi connectivity index (χ1v) is 10.1. The Kier molecular flexibility index (Phi) is 5.46. The third-order valence-electron chi connectivity index (χ3n) is 5.41. The molecular weight excluding hydrogens is 457 g/mol. The maximum absolute atomic E-state index is 13.4. The number of rotatable bonds is 4. The molecule has 0 saturated carbocycles. The van der Waals surface area contributed by atoms with Gasteiger partial charge in [0.15, 0.2) is 5.69 Å². The summed E-state index contributed by atoms with van der Waals surface area (Å²) >= 11 is 0. The second kappa shape index (κ2) is 8.04. The van der Waals surface area contributed by atoms with Crippen LogP contribution in [0.15, 0.2) is 44.4 Å². The largest absolute Gasteiger partial charge is 0.464 e. The van der Waals surface area contributed by atoms with Crippen LogP contribution in [0, 0.1) is 6.92 Å². The van der Waals surface area contributed by atoms with Crippen LogP contribution in [-0.2, 0) is 24.5 Å². The molecule has 0 radical (unpaired) electrons. The quantitative estimate of drug-likeness (QED) is 0.419. The Hall–Kier alpha value is -4.09. The smallest absolute Gasteiger partial charge is 0.433 e. The van der Waals surface area contributed by atoms with Gasteiger partial charge in [0.05, 0.1) is 23.7 Å². The molecule has 3 aromatic heterocycles. The molecule has 34 heavy (non-hydrogen) atoms. The van der Waals surface area contributed by atoms with Crippen LogP contribution in [0.2, 0.25) is 0 Å². The van der Waals surface area contributed by atoms with Crippen molar-refractivity contribution in [2.75, 3.05) is 7.11 Å². The van der Waals surface area contributed by atoms with Crippen LogP contribution in [0.3, 0.4) is 0 Å². The maximum Gasteiger partial charge on any atom is 0.433 e. The zero-order valence-corrected chi connectivity index (χ0v) is 18.6. The highest BCUT2D eigenvalue weighted by atomic mass is 19.4. The Balaban J connectivity index is 1.98. The van der Waals surface area contributed by atoms with Gasteiger partial charge in [0.25, 0.3) is 11.1 Å². The van der Waals surface area contributed by atoms with Crippen LogP contribution in [0.25, 0.3) is 27.7 Å². The number of hydrogen-bond acceptors (Lipinski definition) is 6. The average Bonchev–Trinajstić information content (AvgIpc) is 3.23. The molecule has 9 nitrogen and oxygen atoms in total. The molecule has 3 heterocycles. The predicted molar refractivity (Wildman–Crippen MR) is 115 cm³/mol. The lowest BCUT2D eigenvalue weighted by Gasteiger charge is -2.13. The molecule has 4 aromatic rings. The van der Waals surface area contributed by atoms with Crippen LogP contribution in [0.5, 0.6) is 0 Å². The fraction of sp³-hybridized carbons (Fsp3) is 0.273. The van der Waals surface area contributed by atoms with E-state index in [1.54, 1.807) is 38.1 Å². The molecule has 0 spiro atoms. The van der Waals surface area contributed by atoms with Gasteiger partial charge in [-0.1, -0.05) is 12.1 Å². The molecule has 0 amide bonds. The molecule has 0 atom stereocenters. The number of benzene rings is 1. The van der Waals surface area contributed by atoms with Gasteiger partial charge >= 0.3 is 12.1 Å². The standard InChI is InChI=1S/C22H19F3N4O5/c1-5-28-18-14(10-15(22(23,24)25)26-17(18)21(32)33-4)19(30)29(28)13-8-6-12(7-9-13)16-11(2)34-27(3)20(16)31/h6-10H,5H2,1-4H3. The number of aromatic nitrogens is 4. The van der Waals surface area contributed by atoms with Crippen LogP contribution in [0.1, 0.15) is 28.9 Å². The Labute approximate surface area is 189 Å². The molecule has 0 aliphatic rings. The van der Waals surface area contributed by atoms with Crippen LogP contribution >= 0.6 is 0 Å². The number of carbonyl (C=O) groups is 1. The molecule has 0 N–H and O–H groups in total. The van der Waals surface area contributed by atoms with Gasteiger partial charge in [-0.15, -0.1) is 0 Å². The highest BCUT2D eigenvalue weighted by molar-refractivity contribution is 6.01. The van der Waals surface area contributed by atoms with E-state index in [1.165, 1.54) is 11.7 Å². The fourth-order valence-electron chi connectivity index (χ4n) is 3.92. The molecule has 0 fully saturated rings. The first-order valence-electron chi connectivity index (χ1n) is 10.1. The van der Waals surface area contributed by atoms with Gasteiger partial charge in [-0.3, -0.25) is 14.3 Å². The predicted octanol–water partition coefficient (Wildman–Crippen LogP) is 3.28. The number of carbonyl (C=O) groups excluding carboxylic acids is 1. The van der Waals surface area contributed by atoms with E-state index >= 15 is 0 Å². The normalized spacial score (nSPS) is 11.9. The van der Waals surface area contributed by atoms with Gasteiger partial charge in [-0.2, -0.15) is 17.9 Å². The van der Waals surface area contributed by atoms with Crippen molar-refractivity contribution in [3.63, 3.8) is 0 Å². The van der Waals surface area contributed by atoms with E-state index in [0.717, 1.165) is 16.5 Å². The summed E-state index contributed by atoms with van der Waals surface area (Å²) in [7, 11) is 2.50. The van der Waals surface area contributed by atoms with Crippen molar-refractivity contribution in [3.8, 4) is 16.8 Å². The summed E-state index contributed by atoms with van der Waals surface area (Å²) in [5, 5.41) is -0.326. The van der Waals surface area contributed by atoms with Crippen molar-refractivity contribution in [2.45, 2.75) is 26.6 Å². The van der Waals surface area contributed by atoms with Crippen molar-refractivity contribution in [2.24, 2.45) is 7.05 Å². The lowest BCUT2D eigenvalue weighted by Crippen LogP contribution is -2.21. The topological polar surface area (TPSA) is 101 Å². The second-order valence-electron chi connectivity index (χ2n) is 7.45. The molecule has 0 bridgehead atoms. The second-order valence-corrected chi connectivity index (χ2v) is 7.45. The third kappa shape index (κ3) is 3.51. The van der Waals surface area contributed by atoms with Crippen molar-refractivity contribution >= 4 is 16.9 Å². The van der Waals surface area contributed by atoms with E-state index in [1.807, 2.05) is 0 Å². The molecule has 0 aliphatic carbocycles. The number of halogens is 3. The molecule has 0 aliphatic heterocycles. The van der Waals surface area contributed by atoms with Gasteiger partial charge in [0.1, 0.15) is 17.0 Å². The lowest BCUT2D eigenvalue weighted by atomic mass is 10.1. The Morgan fingerprint density at radius 2 is 1.79 bits per heavy atom. The number of aryl methyl sites for hydroxylation is 3. The molecule has 0 saturated heterocycles. The molecule has 178 valence electrons. The first kappa shape index (κ1) is 23.1. The van der Waals surface area contributed by atoms with Gasteiger partial charge in [-0.25, -0.2) is 14.5 Å². The molecule has 1 aromatic carbocycles. The van der Waals surface area contributed by atoms with Gasteiger partial charge in [0, 0.05) is 13.6 Å². The minimum atomic E-state index is -4.88. The molecule has 4 rings (SSSR count). The Bertz CT molecular complexity index is 1540. The van der Waals surface area contributed by atoms with Crippen molar-refractivity contribution in [1.82, 2.24) is 19.1 Å². The van der Waals surface area contributed by atoms with Crippen LogP contribution < -0.4 is 11.1 Å². The summed E-state index contributed by atoms with van der Waals surface area (Å²) in [5.41, 5.74) is -1.95. The highest BCUT2D eigenvalue weighted by Gasteiger charge is 2.36. The lowest BCUT2D eigenvalue weighted by molar-refractivity contribution is -0.141. The number of hydrogen-bond donors (Lipinski definition) is 0. The van der Waals surface area contributed by atoms with Crippen LogP contribution in [-0.4, -0.2) is 32.2 Å². The van der Waals surface area contributed by atoms with Gasteiger partial charge in [0.2, 0.25) is 0 Å². The summed E-state index contributed by atoms with van der Waals surface area (Å²) in [4.78, 5) is 41.3. The Morgan fingerprint density at radius 3 is 2.29 bits per heavy atom. The number of methoxy groups -OCH3 is 1. The Morgan fingerprint density at radius 1 is 1.15 bits per heavy atom. The van der Waals surface area contributed by atoms with Crippen molar-refractivity contribution in [1.29, 1.82) is 0 Å². The number of fused-ring (bicyclic) bond motifs is 1. The van der Waals surface area contributed by atoms with E-state index in [-0.39, 0.29) is 23.0 Å². The maximum atomic E-state index is 13.4. The summed E-state index contributed by atoms with van der Waals surface area (Å²) in [6, 6.07) is 6.91. The zero-order chi connectivity index (χ0) is 24.9. The van der Waals surface area contributed by atoms with Gasteiger partial charge in [-0.05, 0) is 37.6 Å². The van der Waals surface area contributed by atoms with E-state index < -0.39 is 29.1 Å². The molecule has 12 heteroatoms. The first-order chi connectivity index (χ1) is 16.0. The third-order valence-corrected chi connectivity index (χ3v) is 5.41. The van der Waals surface area contributed by atoms with Crippen molar-refractivity contribution < 1.29 is 27.2 Å². The minimum absolute atomic E-state index is 0.0732. The van der Waals surface area contributed by atoms with E-state index in [0.29, 0.717) is 28.6 Å². The molecule has 0 unspecified atom stereocenters.